The SMILES string of the molecule is COP(=O)(OC)/C(=C/Cc1ccccc1)NC(C)=O. The van der Waals surface area contributed by atoms with Crippen LogP contribution in [0.5, 0.6) is 0 Å². The first-order valence-corrected chi connectivity index (χ1v) is 7.30. The summed E-state index contributed by atoms with van der Waals surface area (Å²) in [5.41, 5.74) is 1.19. The summed E-state index contributed by atoms with van der Waals surface area (Å²) >= 11 is 0. The molecule has 0 atom stereocenters. The lowest BCUT2D eigenvalue weighted by atomic mass is 10.1. The molecule has 1 rings (SSSR count). The van der Waals surface area contributed by atoms with Crippen molar-refractivity contribution in [3.8, 4) is 0 Å². The van der Waals surface area contributed by atoms with E-state index in [4.69, 9.17) is 9.05 Å². The summed E-state index contributed by atoms with van der Waals surface area (Å²) in [6, 6.07) is 9.61. The van der Waals surface area contributed by atoms with Gasteiger partial charge in [0.05, 0.1) is 0 Å². The van der Waals surface area contributed by atoms with Crippen molar-refractivity contribution in [2.75, 3.05) is 14.2 Å². The molecule has 0 aliphatic rings. The Hall–Kier alpha value is -1.42. The van der Waals surface area contributed by atoms with Gasteiger partial charge in [-0.2, -0.15) is 0 Å². The lowest BCUT2D eigenvalue weighted by Crippen LogP contribution is -2.20. The van der Waals surface area contributed by atoms with E-state index in [1.165, 1.54) is 21.1 Å². The highest BCUT2D eigenvalue weighted by Crippen LogP contribution is 2.53. The third kappa shape index (κ3) is 4.63. The highest BCUT2D eigenvalue weighted by atomic mass is 31.2. The van der Waals surface area contributed by atoms with Crippen LogP contribution in [0, 0.1) is 0 Å². The minimum Gasteiger partial charge on any atom is -0.320 e. The van der Waals surface area contributed by atoms with Crippen molar-refractivity contribution in [1.29, 1.82) is 0 Å². The molecule has 0 aromatic heterocycles. The molecule has 0 aliphatic carbocycles. The Kier molecular flexibility index (Phi) is 5.96. The molecule has 0 spiro atoms. The van der Waals surface area contributed by atoms with Gasteiger partial charge in [-0.1, -0.05) is 30.3 Å². The number of rotatable bonds is 6. The number of carbonyl (C=O) groups is 1. The van der Waals surface area contributed by atoms with E-state index in [1.54, 1.807) is 6.08 Å². The fraction of sp³-hybridized carbons (Fsp3) is 0.308. The number of benzene rings is 1. The van der Waals surface area contributed by atoms with Crippen LogP contribution in [-0.4, -0.2) is 20.1 Å². The van der Waals surface area contributed by atoms with Crippen LogP contribution in [0.1, 0.15) is 12.5 Å². The van der Waals surface area contributed by atoms with E-state index >= 15 is 0 Å². The maximum absolute atomic E-state index is 12.3. The van der Waals surface area contributed by atoms with E-state index in [-0.39, 0.29) is 11.3 Å². The van der Waals surface area contributed by atoms with Gasteiger partial charge >= 0.3 is 7.60 Å². The third-order valence-electron chi connectivity index (χ3n) is 2.45. The third-order valence-corrected chi connectivity index (χ3v) is 4.30. The summed E-state index contributed by atoms with van der Waals surface area (Å²) in [6.45, 7) is 1.34. The summed E-state index contributed by atoms with van der Waals surface area (Å²) < 4.78 is 22.1. The largest absolute Gasteiger partial charge is 0.376 e. The number of carbonyl (C=O) groups excluding carboxylic acids is 1. The quantitative estimate of drug-likeness (QED) is 0.815. The summed E-state index contributed by atoms with van der Waals surface area (Å²) in [5.74, 6) is -0.325. The van der Waals surface area contributed by atoms with Crippen LogP contribution >= 0.6 is 7.60 Å². The van der Waals surface area contributed by atoms with Crippen molar-refractivity contribution in [3.63, 3.8) is 0 Å². The lowest BCUT2D eigenvalue weighted by Gasteiger charge is -2.17. The van der Waals surface area contributed by atoms with Crippen LogP contribution in [0.25, 0.3) is 0 Å². The molecule has 1 aromatic rings. The van der Waals surface area contributed by atoms with E-state index in [2.05, 4.69) is 5.32 Å². The lowest BCUT2D eigenvalue weighted by molar-refractivity contribution is -0.118. The number of hydrogen-bond donors (Lipinski definition) is 1. The topological polar surface area (TPSA) is 64.6 Å². The molecule has 1 aromatic carbocycles. The van der Waals surface area contributed by atoms with Gasteiger partial charge in [0.2, 0.25) is 5.91 Å². The predicted octanol–water partition coefficient (Wildman–Crippen LogP) is 2.69. The van der Waals surface area contributed by atoms with Crippen LogP contribution in [0.3, 0.4) is 0 Å². The number of allylic oxidation sites excluding steroid dienone is 1. The molecule has 0 saturated carbocycles. The van der Waals surface area contributed by atoms with Gasteiger partial charge in [0.1, 0.15) is 5.44 Å². The molecule has 104 valence electrons. The molecule has 6 heteroatoms. The van der Waals surface area contributed by atoms with Gasteiger partial charge < -0.3 is 14.4 Å². The number of hydrogen-bond acceptors (Lipinski definition) is 4. The summed E-state index contributed by atoms with van der Waals surface area (Å²) in [7, 11) is -0.893. The van der Waals surface area contributed by atoms with Crippen LogP contribution < -0.4 is 5.32 Å². The zero-order chi connectivity index (χ0) is 14.3. The van der Waals surface area contributed by atoms with E-state index < -0.39 is 7.60 Å². The average Bonchev–Trinajstić information content (AvgIpc) is 2.43. The molecule has 0 unspecified atom stereocenters. The smallest absolute Gasteiger partial charge is 0.320 e. The van der Waals surface area contributed by atoms with E-state index in [1.807, 2.05) is 30.3 Å². The van der Waals surface area contributed by atoms with Gasteiger partial charge in [-0.15, -0.1) is 0 Å². The molecule has 0 bridgehead atoms. The number of amides is 1. The molecule has 5 nitrogen and oxygen atoms in total. The van der Waals surface area contributed by atoms with Crippen LogP contribution in [0.15, 0.2) is 41.8 Å². The molecular weight excluding hydrogens is 265 g/mol. The predicted molar refractivity (Wildman–Crippen MR) is 73.7 cm³/mol. The van der Waals surface area contributed by atoms with Crippen molar-refractivity contribution in [3.05, 3.63) is 47.4 Å². The van der Waals surface area contributed by atoms with Crippen molar-refractivity contribution in [2.45, 2.75) is 13.3 Å². The normalized spacial score (nSPS) is 12.3. The fourth-order valence-electron chi connectivity index (χ4n) is 1.51. The zero-order valence-corrected chi connectivity index (χ0v) is 12.1. The first-order chi connectivity index (χ1) is 9.01. The highest BCUT2D eigenvalue weighted by molar-refractivity contribution is 7.58. The maximum Gasteiger partial charge on any atom is 0.376 e. The van der Waals surface area contributed by atoms with Gasteiger partial charge in [-0.05, 0) is 18.1 Å². The molecule has 0 aliphatic heterocycles. The van der Waals surface area contributed by atoms with Crippen molar-refractivity contribution in [1.82, 2.24) is 5.32 Å². The van der Waals surface area contributed by atoms with Gasteiger partial charge in [0, 0.05) is 21.1 Å². The molecule has 1 amide bonds. The number of nitrogens with one attached hydrogen (secondary N) is 1. The van der Waals surface area contributed by atoms with Gasteiger partial charge in [0.15, 0.2) is 0 Å². The molecule has 0 saturated heterocycles. The Morgan fingerprint density at radius 3 is 2.32 bits per heavy atom. The maximum atomic E-state index is 12.3. The monoisotopic (exact) mass is 283 g/mol. The van der Waals surface area contributed by atoms with Crippen molar-refractivity contribution >= 4 is 13.5 Å². The van der Waals surface area contributed by atoms with Crippen LogP contribution in [-0.2, 0) is 24.8 Å². The van der Waals surface area contributed by atoms with Gasteiger partial charge in [-0.3, -0.25) is 9.36 Å². The minimum absolute atomic E-state index is 0.161. The molecular formula is C13H18NO4P. The van der Waals surface area contributed by atoms with E-state index in [9.17, 15) is 9.36 Å². The molecule has 0 radical (unpaired) electrons. The summed E-state index contributed by atoms with van der Waals surface area (Å²) in [6.07, 6.45) is 2.16. The zero-order valence-electron chi connectivity index (χ0n) is 11.3. The average molecular weight is 283 g/mol. The first-order valence-electron chi connectivity index (χ1n) is 5.75. The molecule has 19 heavy (non-hydrogen) atoms. The Morgan fingerprint density at radius 1 is 1.26 bits per heavy atom. The Labute approximate surface area is 113 Å². The minimum atomic E-state index is -3.45. The van der Waals surface area contributed by atoms with E-state index in [0.717, 1.165) is 5.56 Å². The van der Waals surface area contributed by atoms with Gasteiger partial charge in [0.25, 0.3) is 0 Å². The second-order valence-corrected chi connectivity index (χ2v) is 6.03. The Balaban J connectivity index is 2.97. The molecule has 0 heterocycles. The second kappa shape index (κ2) is 7.24. The Bertz CT molecular complexity index is 491. The summed E-state index contributed by atoms with van der Waals surface area (Å²) in [4.78, 5) is 11.2. The van der Waals surface area contributed by atoms with Crippen LogP contribution in [0.2, 0.25) is 0 Å². The van der Waals surface area contributed by atoms with E-state index in [0.29, 0.717) is 6.42 Å². The molecule has 0 fully saturated rings. The molecule has 1 N–H and O–H groups in total. The first kappa shape index (κ1) is 15.6. The fourth-order valence-corrected chi connectivity index (χ4v) is 2.66. The summed E-state index contributed by atoms with van der Waals surface area (Å²) in [5, 5.41) is 2.50. The van der Waals surface area contributed by atoms with Crippen molar-refractivity contribution in [2.24, 2.45) is 0 Å². The van der Waals surface area contributed by atoms with Crippen LogP contribution in [0.4, 0.5) is 0 Å². The second-order valence-electron chi connectivity index (χ2n) is 3.82. The van der Waals surface area contributed by atoms with Gasteiger partial charge in [-0.25, -0.2) is 0 Å². The Morgan fingerprint density at radius 2 is 1.84 bits per heavy atom. The standard InChI is InChI=1S/C13H18NO4P/c1-11(15)14-13(19(16,17-2)18-3)10-9-12-7-5-4-6-8-12/h4-8,10H,9H2,1-3H3,(H,14,15)/b13-10+. The van der Waals surface area contributed by atoms with Crippen molar-refractivity contribution < 1.29 is 18.4 Å². The highest BCUT2D eigenvalue weighted by Gasteiger charge is 2.28.